The third kappa shape index (κ3) is 5.73. The van der Waals surface area contributed by atoms with Gasteiger partial charge in [0.2, 0.25) is 0 Å². The quantitative estimate of drug-likeness (QED) is 0.279. The molecule has 7 nitrogen and oxygen atoms in total. The number of alkyl halides is 1. The zero-order valence-electron chi connectivity index (χ0n) is 20.3. The van der Waals surface area contributed by atoms with Gasteiger partial charge in [0.05, 0.1) is 24.2 Å². The van der Waals surface area contributed by atoms with Gasteiger partial charge in [-0.15, -0.1) is 11.6 Å². The zero-order chi connectivity index (χ0) is 25.8. The van der Waals surface area contributed by atoms with Gasteiger partial charge < -0.3 is 19.9 Å². The van der Waals surface area contributed by atoms with E-state index in [1.807, 2.05) is 36.4 Å². The van der Waals surface area contributed by atoms with Gasteiger partial charge in [0, 0.05) is 38.3 Å². The Morgan fingerprint density at radius 3 is 2.38 bits per heavy atom. The number of hydrogen-bond donors (Lipinski definition) is 1. The standard InChI is InChI=1S/C27H26ClFN6OS/c1-36-21-8-2-18(3-9-21)17-30-27(37)35-14-12-34(13-15-35)26-25-23(31-24(16-28)33-26)11-10-22(32-25)19-4-6-20(29)7-5-19/h2-11H,12-17H2,1H3,(H,30,37). The number of ether oxygens (including phenoxy) is 1. The van der Waals surface area contributed by atoms with E-state index in [0.29, 0.717) is 17.9 Å². The molecule has 190 valence electrons. The van der Waals surface area contributed by atoms with Gasteiger partial charge in [0.25, 0.3) is 0 Å². The number of methoxy groups -OCH3 is 1. The summed E-state index contributed by atoms with van der Waals surface area (Å²) in [6, 6.07) is 18.0. The molecular formula is C27H26ClFN6OS. The Labute approximate surface area is 225 Å². The largest absolute Gasteiger partial charge is 0.497 e. The molecule has 2 aromatic carbocycles. The number of nitrogens with one attached hydrogen (secondary N) is 1. The fraction of sp³-hybridized carbons (Fsp3) is 0.259. The maximum atomic E-state index is 13.4. The molecule has 0 atom stereocenters. The molecule has 1 aliphatic rings. The van der Waals surface area contributed by atoms with Crippen LogP contribution in [0.3, 0.4) is 0 Å². The Kier molecular flexibility index (Phi) is 7.62. The Hall–Kier alpha value is -3.56. The highest BCUT2D eigenvalue weighted by Crippen LogP contribution is 2.27. The van der Waals surface area contributed by atoms with Crippen LogP contribution < -0.4 is 15.0 Å². The van der Waals surface area contributed by atoms with Crippen molar-refractivity contribution < 1.29 is 9.13 Å². The van der Waals surface area contributed by atoms with E-state index in [9.17, 15) is 4.39 Å². The Balaban J connectivity index is 1.30. The van der Waals surface area contributed by atoms with E-state index < -0.39 is 0 Å². The lowest BCUT2D eigenvalue weighted by molar-refractivity contribution is 0.379. The molecule has 37 heavy (non-hydrogen) atoms. The van der Waals surface area contributed by atoms with Crippen LogP contribution in [0.1, 0.15) is 11.4 Å². The summed E-state index contributed by atoms with van der Waals surface area (Å²) in [5.41, 5.74) is 4.12. The maximum Gasteiger partial charge on any atom is 0.169 e. The van der Waals surface area contributed by atoms with Crippen molar-refractivity contribution in [2.45, 2.75) is 12.4 Å². The molecule has 0 spiro atoms. The van der Waals surface area contributed by atoms with Gasteiger partial charge in [0.15, 0.2) is 10.9 Å². The molecule has 0 aliphatic carbocycles. The van der Waals surface area contributed by atoms with Gasteiger partial charge in [0.1, 0.15) is 22.9 Å². The fourth-order valence-corrected chi connectivity index (χ4v) is 4.64. The highest BCUT2D eigenvalue weighted by atomic mass is 35.5. The molecule has 0 amide bonds. The van der Waals surface area contributed by atoms with Crippen molar-refractivity contribution >= 4 is 45.8 Å². The van der Waals surface area contributed by atoms with Crippen LogP contribution in [-0.2, 0) is 12.4 Å². The Morgan fingerprint density at radius 2 is 1.70 bits per heavy atom. The number of piperazine rings is 1. The number of benzene rings is 2. The summed E-state index contributed by atoms with van der Waals surface area (Å²) in [7, 11) is 1.66. The molecule has 0 bridgehead atoms. The molecule has 1 N–H and O–H groups in total. The van der Waals surface area contributed by atoms with Crippen molar-refractivity contribution in [3.8, 4) is 17.0 Å². The molecule has 0 unspecified atom stereocenters. The third-order valence-corrected chi connectivity index (χ3v) is 6.94. The number of anilines is 1. The molecule has 1 saturated heterocycles. The summed E-state index contributed by atoms with van der Waals surface area (Å²) >= 11 is 11.8. The number of rotatable bonds is 6. The smallest absolute Gasteiger partial charge is 0.169 e. The van der Waals surface area contributed by atoms with Crippen LogP contribution in [0.15, 0.2) is 60.7 Å². The van der Waals surface area contributed by atoms with Gasteiger partial charge in [-0.3, -0.25) is 0 Å². The van der Waals surface area contributed by atoms with Crippen LogP contribution >= 0.6 is 23.8 Å². The van der Waals surface area contributed by atoms with Gasteiger partial charge in [-0.2, -0.15) is 0 Å². The highest BCUT2D eigenvalue weighted by molar-refractivity contribution is 7.80. The molecule has 4 aromatic rings. The molecule has 5 rings (SSSR count). The second-order valence-electron chi connectivity index (χ2n) is 8.65. The predicted octanol–water partition coefficient (Wildman–Crippen LogP) is 4.78. The van der Waals surface area contributed by atoms with Gasteiger partial charge in [-0.25, -0.2) is 19.3 Å². The van der Waals surface area contributed by atoms with Crippen LogP contribution in [-0.4, -0.2) is 58.3 Å². The number of fused-ring (bicyclic) bond motifs is 1. The molecule has 0 radical (unpaired) electrons. The number of pyridine rings is 1. The third-order valence-electron chi connectivity index (χ3n) is 6.30. The second kappa shape index (κ2) is 11.2. The van der Waals surface area contributed by atoms with Gasteiger partial charge >= 0.3 is 0 Å². The summed E-state index contributed by atoms with van der Waals surface area (Å²) in [6.45, 7) is 3.58. The molecule has 1 aliphatic heterocycles. The van der Waals surface area contributed by atoms with Crippen molar-refractivity contribution in [1.29, 1.82) is 0 Å². The number of halogens is 2. The van der Waals surface area contributed by atoms with E-state index in [-0.39, 0.29) is 11.7 Å². The number of thiocarbonyl (C=S) groups is 1. The van der Waals surface area contributed by atoms with Crippen molar-refractivity contribution in [3.05, 3.63) is 77.9 Å². The first-order valence-electron chi connectivity index (χ1n) is 11.9. The van der Waals surface area contributed by atoms with E-state index >= 15 is 0 Å². The maximum absolute atomic E-state index is 13.4. The van der Waals surface area contributed by atoms with E-state index in [1.54, 1.807) is 19.2 Å². The van der Waals surface area contributed by atoms with E-state index in [0.717, 1.165) is 65.2 Å². The minimum Gasteiger partial charge on any atom is -0.497 e. The average molecular weight is 537 g/mol. The topological polar surface area (TPSA) is 66.4 Å². The summed E-state index contributed by atoms with van der Waals surface area (Å²) in [4.78, 5) is 18.5. The number of nitrogens with zero attached hydrogens (tertiary/aromatic N) is 5. The number of aromatic nitrogens is 3. The van der Waals surface area contributed by atoms with E-state index in [1.165, 1.54) is 12.1 Å². The van der Waals surface area contributed by atoms with Crippen LogP contribution in [0.5, 0.6) is 5.75 Å². The lowest BCUT2D eigenvalue weighted by atomic mass is 10.1. The molecule has 10 heteroatoms. The fourth-order valence-electron chi connectivity index (χ4n) is 4.26. The Bertz CT molecular complexity index is 1390. The summed E-state index contributed by atoms with van der Waals surface area (Å²) < 4.78 is 18.6. The average Bonchev–Trinajstić information content (AvgIpc) is 2.95. The van der Waals surface area contributed by atoms with Crippen LogP contribution in [0.25, 0.3) is 22.3 Å². The molecule has 0 saturated carbocycles. The van der Waals surface area contributed by atoms with Crippen LogP contribution in [0.4, 0.5) is 10.2 Å². The molecule has 3 heterocycles. The SMILES string of the molecule is COc1ccc(CNC(=S)N2CCN(c3nc(CCl)nc4ccc(-c5ccc(F)cc5)nc34)CC2)cc1. The predicted molar refractivity (Wildman–Crippen MR) is 149 cm³/mol. The van der Waals surface area contributed by atoms with E-state index in [4.69, 9.17) is 38.5 Å². The second-order valence-corrected chi connectivity index (χ2v) is 9.30. The first-order valence-corrected chi connectivity index (χ1v) is 12.9. The van der Waals surface area contributed by atoms with Gasteiger partial charge in [-0.05, 0) is 66.3 Å². The normalized spacial score (nSPS) is 13.6. The van der Waals surface area contributed by atoms with Crippen molar-refractivity contribution in [2.24, 2.45) is 0 Å². The Morgan fingerprint density at radius 1 is 0.973 bits per heavy atom. The first kappa shape index (κ1) is 25.1. The van der Waals surface area contributed by atoms with Crippen molar-refractivity contribution in [3.63, 3.8) is 0 Å². The lowest BCUT2D eigenvalue weighted by Gasteiger charge is -2.37. The van der Waals surface area contributed by atoms with Gasteiger partial charge in [-0.1, -0.05) is 12.1 Å². The lowest BCUT2D eigenvalue weighted by Crippen LogP contribution is -2.51. The summed E-state index contributed by atoms with van der Waals surface area (Å²) in [6.07, 6.45) is 0. The van der Waals surface area contributed by atoms with Crippen molar-refractivity contribution in [2.75, 3.05) is 38.2 Å². The molecular weight excluding hydrogens is 511 g/mol. The first-order chi connectivity index (χ1) is 18.0. The molecule has 1 fully saturated rings. The van der Waals surface area contributed by atoms with Crippen molar-refractivity contribution in [1.82, 2.24) is 25.2 Å². The summed E-state index contributed by atoms with van der Waals surface area (Å²) in [5.74, 6) is 2.06. The minimum absolute atomic E-state index is 0.210. The van der Waals surface area contributed by atoms with E-state index in [2.05, 4.69) is 20.1 Å². The molecule has 2 aromatic heterocycles. The minimum atomic E-state index is -0.283. The van der Waals surface area contributed by atoms with Crippen LogP contribution in [0, 0.1) is 5.82 Å². The summed E-state index contributed by atoms with van der Waals surface area (Å²) in [5, 5.41) is 4.08. The zero-order valence-corrected chi connectivity index (χ0v) is 21.9. The highest BCUT2D eigenvalue weighted by Gasteiger charge is 2.23. The monoisotopic (exact) mass is 536 g/mol. The number of hydrogen-bond acceptors (Lipinski definition) is 6. The van der Waals surface area contributed by atoms with Crippen LogP contribution in [0.2, 0.25) is 0 Å².